The molecule has 3 aromatic rings. The third-order valence-electron chi connectivity index (χ3n) is 3.17. The molecule has 0 N–H and O–H groups in total. The zero-order chi connectivity index (χ0) is 17.3. The lowest BCUT2D eigenvalue weighted by Crippen LogP contribution is -2.04. The van der Waals surface area contributed by atoms with Gasteiger partial charge in [-0.25, -0.2) is 4.99 Å². The Balaban J connectivity index is 1.78. The number of ether oxygens (including phenoxy) is 1. The number of aliphatic imine (C=N–C) groups is 1. The van der Waals surface area contributed by atoms with Crippen molar-refractivity contribution in [2.75, 3.05) is 0 Å². The topological polar surface area (TPSA) is 21.6 Å². The summed E-state index contributed by atoms with van der Waals surface area (Å²) in [5.74, 6) is 1.27. The van der Waals surface area contributed by atoms with Gasteiger partial charge in [-0.15, -0.1) is 0 Å². The number of benzene rings is 3. The van der Waals surface area contributed by atoms with E-state index in [2.05, 4.69) is 4.99 Å². The van der Waals surface area contributed by atoms with Crippen LogP contribution in [-0.2, 0) is 0 Å². The summed E-state index contributed by atoms with van der Waals surface area (Å²) in [6.07, 6.45) is 1.85. The number of hydrogen-bond acceptors (Lipinski definition) is 3. The van der Waals surface area contributed by atoms with Crippen LogP contribution in [0.1, 0.15) is 0 Å². The van der Waals surface area contributed by atoms with Crippen LogP contribution in [0, 0.1) is 0 Å². The molecule has 0 saturated heterocycles. The maximum Gasteiger partial charge on any atom is 0.220 e. The van der Waals surface area contributed by atoms with Crippen molar-refractivity contribution in [1.82, 2.24) is 0 Å². The minimum Gasteiger partial charge on any atom is -0.439 e. The van der Waals surface area contributed by atoms with Crippen LogP contribution in [0.15, 0.2) is 106 Å². The predicted molar refractivity (Wildman–Crippen MR) is 107 cm³/mol. The zero-order valence-corrected chi connectivity index (χ0v) is 15.0. The fourth-order valence-corrected chi connectivity index (χ4v) is 2.99. The molecule has 0 atom stereocenters. The predicted octanol–water partition coefficient (Wildman–Crippen LogP) is 6.76. The Labute approximate surface area is 156 Å². The van der Waals surface area contributed by atoms with Crippen molar-refractivity contribution in [1.29, 1.82) is 0 Å². The lowest BCUT2D eigenvalue weighted by atomic mass is 10.3. The van der Waals surface area contributed by atoms with Crippen molar-refractivity contribution in [3.8, 4) is 5.75 Å². The number of thioether (sulfide) groups is 1. The van der Waals surface area contributed by atoms with Crippen LogP contribution in [0.3, 0.4) is 0 Å². The minimum absolute atomic E-state index is 0.520. The lowest BCUT2D eigenvalue weighted by Gasteiger charge is -2.05. The van der Waals surface area contributed by atoms with Crippen LogP contribution >= 0.6 is 23.4 Å². The Morgan fingerprint density at radius 1 is 0.880 bits per heavy atom. The molecule has 0 bridgehead atoms. The zero-order valence-electron chi connectivity index (χ0n) is 13.4. The number of para-hydroxylation sites is 2. The molecule has 25 heavy (non-hydrogen) atoms. The quantitative estimate of drug-likeness (QED) is 0.283. The van der Waals surface area contributed by atoms with Crippen LogP contribution in [0.2, 0.25) is 5.02 Å². The Bertz CT molecular complexity index is 863. The van der Waals surface area contributed by atoms with Gasteiger partial charge in [0.05, 0.1) is 5.69 Å². The first-order valence-corrected chi connectivity index (χ1v) is 9.01. The Kier molecular flexibility index (Phi) is 6.32. The molecule has 0 unspecified atom stereocenters. The smallest absolute Gasteiger partial charge is 0.220 e. The molecule has 2 nitrogen and oxygen atoms in total. The summed E-state index contributed by atoms with van der Waals surface area (Å²) in [5, 5.41) is 2.66. The number of nitrogens with zero attached hydrogens (tertiary/aromatic N) is 1. The van der Waals surface area contributed by atoms with Crippen LogP contribution < -0.4 is 4.74 Å². The van der Waals surface area contributed by atoms with E-state index in [0.29, 0.717) is 5.90 Å². The van der Waals surface area contributed by atoms with Crippen molar-refractivity contribution in [3.63, 3.8) is 0 Å². The maximum absolute atomic E-state index is 6.02. The van der Waals surface area contributed by atoms with E-state index >= 15 is 0 Å². The van der Waals surface area contributed by atoms with E-state index in [4.69, 9.17) is 16.3 Å². The molecule has 124 valence electrons. The number of rotatable bonds is 5. The molecule has 0 aromatic heterocycles. The van der Waals surface area contributed by atoms with E-state index in [-0.39, 0.29) is 0 Å². The molecular formula is C21H16ClNOS. The van der Waals surface area contributed by atoms with Crippen molar-refractivity contribution in [2.45, 2.75) is 4.90 Å². The van der Waals surface area contributed by atoms with Crippen LogP contribution in [0.4, 0.5) is 5.69 Å². The van der Waals surface area contributed by atoms with Crippen LogP contribution in [0.5, 0.6) is 5.75 Å². The Morgan fingerprint density at radius 2 is 1.60 bits per heavy atom. The normalized spacial score (nSPS) is 11.6. The van der Waals surface area contributed by atoms with Gasteiger partial charge in [0.15, 0.2) is 0 Å². The van der Waals surface area contributed by atoms with Gasteiger partial charge >= 0.3 is 0 Å². The molecule has 3 rings (SSSR count). The molecule has 0 amide bonds. The standard InChI is InChI=1S/C21H16ClNOS/c22-17-8-7-13-20(16-17)25-15-14-21(23-18-9-3-1-4-10-18)24-19-11-5-2-6-12-19/h1-16H. The first kappa shape index (κ1) is 17.3. The van der Waals surface area contributed by atoms with Crippen molar-refractivity contribution in [2.24, 2.45) is 4.99 Å². The maximum atomic E-state index is 6.02. The molecule has 0 aliphatic heterocycles. The van der Waals surface area contributed by atoms with E-state index < -0.39 is 0 Å². The fraction of sp³-hybridized carbons (Fsp3) is 0. The molecule has 3 aromatic carbocycles. The second-order valence-electron chi connectivity index (χ2n) is 5.08. The van der Waals surface area contributed by atoms with Gasteiger partial charge in [-0.2, -0.15) is 0 Å². The lowest BCUT2D eigenvalue weighted by molar-refractivity contribution is 0.556. The highest BCUT2D eigenvalue weighted by Gasteiger charge is 2.00. The van der Waals surface area contributed by atoms with Gasteiger partial charge in [0.1, 0.15) is 5.75 Å². The summed E-state index contributed by atoms with van der Waals surface area (Å²) >= 11 is 7.57. The Morgan fingerprint density at radius 3 is 2.32 bits per heavy atom. The van der Waals surface area contributed by atoms with E-state index in [1.165, 1.54) is 0 Å². The largest absolute Gasteiger partial charge is 0.439 e. The van der Waals surface area contributed by atoms with E-state index in [1.54, 1.807) is 11.8 Å². The second kappa shape index (κ2) is 9.11. The first-order chi connectivity index (χ1) is 12.3. The van der Waals surface area contributed by atoms with E-state index in [1.807, 2.05) is 96.4 Å². The SMILES string of the molecule is Clc1cccc(SC=CC(=Nc2ccccc2)Oc2ccccc2)c1. The molecule has 0 aliphatic carbocycles. The van der Waals surface area contributed by atoms with Crippen molar-refractivity contribution >= 4 is 34.9 Å². The average Bonchev–Trinajstić information content (AvgIpc) is 2.63. The number of halogens is 1. The summed E-state index contributed by atoms with van der Waals surface area (Å²) in [6.45, 7) is 0. The summed E-state index contributed by atoms with van der Waals surface area (Å²) in [4.78, 5) is 5.63. The molecule has 0 radical (unpaired) electrons. The highest BCUT2D eigenvalue weighted by atomic mass is 35.5. The van der Waals surface area contributed by atoms with Gasteiger partial charge in [0.2, 0.25) is 5.90 Å². The number of hydrogen-bond donors (Lipinski definition) is 0. The van der Waals surface area contributed by atoms with Gasteiger partial charge in [-0.3, -0.25) is 0 Å². The minimum atomic E-state index is 0.520. The third kappa shape index (κ3) is 5.82. The third-order valence-corrected chi connectivity index (χ3v) is 4.21. The molecular weight excluding hydrogens is 350 g/mol. The van der Waals surface area contributed by atoms with Crippen LogP contribution in [0.25, 0.3) is 0 Å². The van der Waals surface area contributed by atoms with E-state index in [9.17, 15) is 0 Å². The van der Waals surface area contributed by atoms with Gasteiger partial charge in [0.25, 0.3) is 0 Å². The summed E-state index contributed by atoms with van der Waals surface area (Å²) in [5.41, 5.74) is 0.839. The highest BCUT2D eigenvalue weighted by molar-refractivity contribution is 8.02. The Hall–Kier alpha value is -2.49. The molecule has 4 heteroatoms. The van der Waals surface area contributed by atoms with Crippen LogP contribution in [-0.4, -0.2) is 5.90 Å². The molecule has 0 aliphatic rings. The van der Waals surface area contributed by atoms with Crippen molar-refractivity contribution in [3.05, 3.63) is 101 Å². The molecule has 0 heterocycles. The molecule has 0 spiro atoms. The van der Waals surface area contributed by atoms with Gasteiger partial charge in [-0.05, 0) is 47.9 Å². The molecule has 0 saturated carbocycles. The highest BCUT2D eigenvalue weighted by Crippen LogP contribution is 2.23. The van der Waals surface area contributed by atoms with Gasteiger partial charge in [0, 0.05) is 16.0 Å². The second-order valence-corrected chi connectivity index (χ2v) is 6.49. The first-order valence-electron chi connectivity index (χ1n) is 7.75. The fourth-order valence-electron chi connectivity index (χ4n) is 2.04. The average molecular weight is 366 g/mol. The van der Waals surface area contributed by atoms with Gasteiger partial charge in [-0.1, -0.05) is 65.8 Å². The van der Waals surface area contributed by atoms with E-state index in [0.717, 1.165) is 21.4 Å². The van der Waals surface area contributed by atoms with Gasteiger partial charge < -0.3 is 4.74 Å². The monoisotopic (exact) mass is 365 g/mol. The summed E-state index contributed by atoms with van der Waals surface area (Å²) < 4.78 is 5.90. The van der Waals surface area contributed by atoms with Crippen molar-refractivity contribution < 1.29 is 4.74 Å². The summed E-state index contributed by atoms with van der Waals surface area (Å²) in [7, 11) is 0. The summed E-state index contributed by atoms with van der Waals surface area (Å²) in [6, 6.07) is 27.1. The molecule has 0 fully saturated rings.